The summed E-state index contributed by atoms with van der Waals surface area (Å²) in [5, 5.41) is 11.8. The highest BCUT2D eigenvalue weighted by Gasteiger charge is 2.16. The summed E-state index contributed by atoms with van der Waals surface area (Å²) in [5.74, 6) is -1.70. The molecule has 0 spiro atoms. The largest absolute Gasteiger partial charge is 0.477 e. The molecular formula is C20H16FNO3S. The van der Waals surface area contributed by atoms with E-state index in [0.29, 0.717) is 10.4 Å². The van der Waals surface area contributed by atoms with Gasteiger partial charge in [0.15, 0.2) is 0 Å². The minimum Gasteiger partial charge on any atom is -0.477 e. The van der Waals surface area contributed by atoms with Crippen LogP contribution in [0.2, 0.25) is 0 Å². The van der Waals surface area contributed by atoms with Gasteiger partial charge in [-0.05, 0) is 42.3 Å². The van der Waals surface area contributed by atoms with Crippen molar-refractivity contribution in [3.63, 3.8) is 0 Å². The number of carbonyl (C=O) groups excluding carboxylic acids is 1. The predicted molar refractivity (Wildman–Crippen MR) is 99.0 cm³/mol. The molecule has 0 radical (unpaired) electrons. The zero-order valence-corrected chi connectivity index (χ0v) is 14.7. The Morgan fingerprint density at radius 2 is 1.77 bits per heavy atom. The Morgan fingerprint density at radius 3 is 2.46 bits per heavy atom. The minimum absolute atomic E-state index is 0.115. The number of hydrogen-bond acceptors (Lipinski definition) is 3. The van der Waals surface area contributed by atoms with Gasteiger partial charge in [-0.1, -0.05) is 36.4 Å². The molecule has 0 saturated carbocycles. The van der Waals surface area contributed by atoms with Crippen LogP contribution in [-0.4, -0.2) is 17.0 Å². The first-order valence-electron chi connectivity index (χ1n) is 7.94. The fraction of sp³-hybridized carbons (Fsp3) is 0.100. The molecule has 0 saturated heterocycles. The lowest BCUT2D eigenvalue weighted by Gasteiger charge is -2.15. The number of halogens is 1. The fourth-order valence-corrected chi connectivity index (χ4v) is 3.34. The van der Waals surface area contributed by atoms with Crippen LogP contribution in [0.3, 0.4) is 0 Å². The lowest BCUT2D eigenvalue weighted by Crippen LogP contribution is -2.25. The van der Waals surface area contributed by atoms with Crippen LogP contribution in [0.1, 0.15) is 37.9 Å². The van der Waals surface area contributed by atoms with Crippen molar-refractivity contribution < 1.29 is 19.1 Å². The third-order valence-corrected chi connectivity index (χ3v) is 5.03. The van der Waals surface area contributed by atoms with E-state index in [0.717, 1.165) is 22.5 Å². The average Bonchev–Trinajstić information content (AvgIpc) is 3.13. The normalized spacial score (nSPS) is 11.8. The first kappa shape index (κ1) is 17.8. The molecule has 6 heteroatoms. The van der Waals surface area contributed by atoms with E-state index in [1.54, 1.807) is 18.2 Å². The van der Waals surface area contributed by atoms with Gasteiger partial charge in [-0.3, -0.25) is 4.79 Å². The summed E-state index contributed by atoms with van der Waals surface area (Å²) < 4.78 is 14.0. The van der Waals surface area contributed by atoms with Crippen LogP contribution < -0.4 is 5.32 Å². The summed E-state index contributed by atoms with van der Waals surface area (Å²) >= 11 is 0.927. The lowest BCUT2D eigenvalue weighted by atomic mass is 10.00. The fourth-order valence-electron chi connectivity index (χ4n) is 2.60. The standard InChI is InChI=1S/C20H16FNO3S/c1-12(22-19(23)17-9-10-18(26-17)20(24)25)13-5-4-6-14(11-13)15-7-2-3-8-16(15)21/h2-12H,1H3,(H,22,23)(H,24,25). The molecule has 3 aromatic rings. The van der Waals surface area contributed by atoms with Gasteiger partial charge in [0.05, 0.1) is 10.9 Å². The van der Waals surface area contributed by atoms with Crippen LogP contribution in [0, 0.1) is 5.82 Å². The number of amides is 1. The SMILES string of the molecule is CC(NC(=O)c1ccc(C(=O)O)s1)c1cccc(-c2ccccc2F)c1. The molecule has 26 heavy (non-hydrogen) atoms. The minimum atomic E-state index is -1.06. The van der Waals surface area contributed by atoms with Crippen LogP contribution in [0.4, 0.5) is 4.39 Å². The molecule has 1 heterocycles. The second-order valence-electron chi connectivity index (χ2n) is 5.77. The van der Waals surface area contributed by atoms with Crippen molar-refractivity contribution in [2.45, 2.75) is 13.0 Å². The highest BCUT2D eigenvalue weighted by molar-refractivity contribution is 7.15. The number of thiophene rings is 1. The first-order chi connectivity index (χ1) is 12.5. The second-order valence-corrected chi connectivity index (χ2v) is 6.85. The van der Waals surface area contributed by atoms with Crippen molar-refractivity contribution in [2.24, 2.45) is 0 Å². The van der Waals surface area contributed by atoms with Crippen LogP contribution in [0.25, 0.3) is 11.1 Å². The maximum atomic E-state index is 14.0. The maximum absolute atomic E-state index is 14.0. The third-order valence-electron chi connectivity index (χ3n) is 3.96. The number of nitrogens with one attached hydrogen (secondary N) is 1. The third kappa shape index (κ3) is 3.81. The summed E-state index contributed by atoms with van der Waals surface area (Å²) in [4.78, 5) is 23.7. The van der Waals surface area contributed by atoms with E-state index in [-0.39, 0.29) is 22.6 Å². The van der Waals surface area contributed by atoms with Crippen molar-refractivity contribution >= 4 is 23.2 Å². The van der Waals surface area contributed by atoms with Crippen molar-refractivity contribution in [3.05, 3.63) is 81.8 Å². The zero-order valence-electron chi connectivity index (χ0n) is 13.9. The Kier molecular flexibility index (Phi) is 5.14. The molecule has 0 aliphatic carbocycles. The van der Waals surface area contributed by atoms with Crippen LogP contribution in [0.15, 0.2) is 60.7 Å². The Hall–Kier alpha value is -2.99. The van der Waals surface area contributed by atoms with E-state index >= 15 is 0 Å². The van der Waals surface area contributed by atoms with Gasteiger partial charge >= 0.3 is 5.97 Å². The number of carboxylic acid groups (broad SMARTS) is 1. The van der Waals surface area contributed by atoms with E-state index in [1.807, 2.05) is 31.2 Å². The second kappa shape index (κ2) is 7.49. The number of benzene rings is 2. The molecule has 4 nitrogen and oxygen atoms in total. The summed E-state index contributed by atoms with van der Waals surface area (Å²) in [6, 6.07) is 16.4. The Morgan fingerprint density at radius 1 is 1.04 bits per heavy atom. The Labute approximate surface area is 153 Å². The van der Waals surface area contributed by atoms with E-state index in [1.165, 1.54) is 18.2 Å². The molecule has 0 bridgehead atoms. The van der Waals surface area contributed by atoms with E-state index < -0.39 is 5.97 Å². The molecule has 2 N–H and O–H groups in total. The zero-order chi connectivity index (χ0) is 18.7. The molecule has 1 amide bonds. The van der Waals surface area contributed by atoms with Crippen LogP contribution in [-0.2, 0) is 0 Å². The van der Waals surface area contributed by atoms with Crippen molar-refractivity contribution in [3.8, 4) is 11.1 Å². The number of carbonyl (C=O) groups is 2. The van der Waals surface area contributed by atoms with Gasteiger partial charge in [0.2, 0.25) is 0 Å². The molecule has 1 aromatic heterocycles. The molecule has 132 valence electrons. The van der Waals surface area contributed by atoms with E-state index in [9.17, 15) is 14.0 Å². The van der Waals surface area contributed by atoms with E-state index in [4.69, 9.17) is 5.11 Å². The Bertz CT molecular complexity index is 967. The summed E-state index contributed by atoms with van der Waals surface area (Å²) in [5.41, 5.74) is 2.05. The number of carboxylic acids is 1. The van der Waals surface area contributed by atoms with Gasteiger partial charge in [-0.2, -0.15) is 0 Å². The number of rotatable bonds is 5. The van der Waals surface area contributed by atoms with Gasteiger partial charge in [-0.25, -0.2) is 9.18 Å². The highest BCUT2D eigenvalue weighted by atomic mass is 32.1. The van der Waals surface area contributed by atoms with Crippen molar-refractivity contribution in [1.82, 2.24) is 5.32 Å². The first-order valence-corrected chi connectivity index (χ1v) is 8.76. The molecule has 0 fully saturated rings. The van der Waals surface area contributed by atoms with Gasteiger partial charge < -0.3 is 10.4 Å². The van der Waals surface area contributed by atoms with E-state index in [2.05, 4.69) is 5.32 Å². The summed E-state index contributed by atoms with van der Waals surface area (Å²) in [6.45, 7) is 1.82. The van der Waals surface area contributed by atoms with Gasteiger partial charge in [0, 0.05) is 5.56 Å². The average molecular weight is 369 g/mol. The van der Waals surface area contributed by atoms with Gasteiger partial charge in [0.1, 0.15) is 10.7 Å². The monoisotopic (exact) mass is 369 g/mol. The number of hydrogen-bond donors (Lipinski definition) is 2. The van der Waals surface area contributed by atoms with Crippen LogP contribution in [0.5, 0.6) is 0 Å². The lowest BCUT2D eigenvalue weighted by molar-refractivity contribution is 0.0702. The molecular weight excluding hydrogens is 353 g/mol. The molecule has 1 atom stereocenters. The smallest absolute Gasteiger partial charge is 0.345 e. The Balaban J connectivity index is 1.78. The highest BCUT2D eigenvalue weighted by Crippen LogP contribution is 2.26. The van der Waals surface area contributed by atoms with Crippen LogP contribution >= 0.6 is 11.3 Å². The molecule has 2 aromatic carbocycles. The molecule has 1 unspecified atom stereocenters. The maximum Gasteiger partial charge on any atom is 0.345 e. The molecule has 3 rings (SSSR count). The molecule has 0 aliphatic rings. The summed E-state index contributed by atoms with van der Waals surface area (Å²) in [6.07, 6.45) is 0. The van der Waals surface area contributed by atoms with Gasteiger partial charge in [-0.15, -0.1) is 11.3 Å². The summed E-state index contributed by atoms with van der Waals surface area (Å²) in [7, 11) is 0. The van der Waals surface area contributed by atoms with Crippen molar-refractivity contribution in [1.29, 1.82) is 0 Å². The number of aromatic carboxylic acids is 1. The predicted octanol–water partition coefficient (Wildman–Crippen LogP) is 4.74. The van der Waals surface area contributed by atoms with Gasteiger partial charge in [0.25, 0.3) is 5.91 Å². The van der Waals surface area contributed by atoms with Crippen molar-refractivity contribution in [2.75, 3.05) is 0 Å². The quantitative estimate of drug-likeness (QED) is 0.682. The topological polar surface area (TPSA) is 66.4 Å². The molecule has 0 aliphatic heterocycles.